The third kappa shape index (κ3) is 2.21. The minimum Gasteiger partial charge on any atom is -0.294 e. The average Bonchev–Trinajstić information content (AvgIpc) is 2.35. The lowest BCUT2D eigenvalue weighted by Gasteiger charge is -2.29. The number of hydrogen-bond acceptors (Lipinski definition) is 1. The number of ketones is 1. The van der Waals surface area contributed by atoms with Crippen LogP contribution in [0.1, 0.15) is 45.0 Å². The van der Waals surface area contributed by atoms with Crippen LogP contribution in [0.25, 0.3) is 0 Å². The topological polar surface area (TPSA) is 17.1 Å². The molecule has 0 spiro atoms. The van der Waals surface area contributed by atoms with Crippen molar-refractivity contribution in [2.45, 2.75) is 32.6 Å². The van der Waals surface area contributed by atoms with Gasteiger partial charge in [0, 0.05) is 12.0 Å². The molecule has 0 saturated heterocycles. The highest BCUT2D eigenvalue weighted by molar-refractivity contribution is 5.98. The Morgan fingerprint density at radius 1 is 1.16 bits per heavy atom. The molecule has 0 amide bonds. The maximum absolute atomic E-state index is 12.4. The summed E-state index contributed by atoms with van der Waals surface area (Å²) in [5, 5.41) is 0. The van der Waals surface area contributed by atoms with Crippen LogP contribution >= 0.6 is 0 Å². The van der Waals surface area contributed by atoms with E-state index in [1.807, 2.05) is 19.1 Å². The molecule has 2 aromatic carbocycles. The van der Waals surface area contributed by atoms with Crippen molar-refractivity contribution in [1.82, 2.24) is 0 Å². The van der Waals surface area contributed by atoms with Gasteiger partial charge in [0.1, 0.15) is 0 Å². The Bertz CT molecular complexity index is 640. The van der Waals surface area contributed by atoms with E-state index in [1.54, 1.807) is 0 Å². The SMILES string of the molecule is Cc1ccc(C(=O)CC2Cc3ccccc32)c(C)c1. The Morgan fingerprint density at radius 2 is 1.95 bits per heavy atom. The summed E-state index contributed by atoms with van der Waals surface area (Å²) in [5.74, 6) is 0.696. The first-order valence-electron chi connectivity index (χ1n) is 6.83. The molecule has 0 fully saturated rings. The van der Waals surface area contributed by atoms with Gasteiger partial charge in [-0.15, -0.1) is 0 Å². The van der Waals surface area contributed by atoms with Crippen LogP contribution in [0.4, 0.5) is 0 Å². The molecule has 0 aromatic heterocycles. The highest BCUT2D eigenvalue weighted by atomic mass is 16.1. The van der Waals surface area contributed by atoms with Crippen molar-refractivity contribution in [3.63, 3.8) is 0 Å². The largest absolute Gasteiger partial charge is 0.294 e. The average molecular weight is 250 g/mol. The number of Topliss-reactive ketones (excluding diaryl/α,β-unsaturated/α-hetero) is 1. The zero-order valence-electron chi connectivity index (χ0n) is 11.4. The maximum Gasteiger partial charge on any atom is 0.163 e. The van der Waals surface area contributed by atoms with Gasteiger partial charge in [0.25, 0.3) is 0 Å². The summed E-state index contributed by atoms with van der Waals surface area (Å²) in [6.07, 6.45) is 1.69. The molecule has 0 radical (unpaired) electrons. The minimum atomic E-state index is 0.275. The fraction of sp³-hybridized carbons (Fsp3) is 0.278. The lowest BCUT2D eigenvalue weighted by molar-refractivity contribution is 0.0970. The van der Waals surface area contributed by atoms with Crippen molar-refractivity contribution < 1.29 is 4.79 Å². The molecule has 0 aliphatic heterocycles. The van der Waals surface area contributed by atoms with Crippen LogP contribution in [-0.2, 0) is 6.42 Å². The van der Waals surface area contributed by atoms with Gasteiger partial charge in [0.05, 0.1) is 0 Å². The van der Waals surface area contributed by atoms with Crippen molar-refractivity contribution in [3.05, 3.63) is 70.3 Å². The molecule has 0 N–H and O–H groups in total. The summed E-state index contributed by atoms with van der Waals surface area (Å²) in [6.45, 7) is 4.08. The van der Waals surface area contributed by atoms with Gasteiger partial charge in [-0.25, -0.2) is 0 Å². The van der Waals surface area contributed by atoms with E-state index in [0.717, 1.165) is 17.5 Å². The van der Waals surface area contributed by atoms with Gasteiger partial charge in [-0.05, 0) is 42.9 Å². The second kappa shape index (κ2) is 4.65. The molecule has 1 heteroatoms. The van der Waals surface area contributed by atoms with E-state index in [-0.39, 0.29) is 5.78 Å². The van der Waals surface area contributed by atoms with Crippen molar-refractivity contribution in [1.29, 1.82) is 0 Å². The summed E-state index contributed by atoms with van der Waals surface area (Å²) in [5.41, 5.74) is 5.96. The van der Waals surface area contributed by atoms with E-state index in [4.69, 9.17) is 0 Å². The van der Waals surface area contributed by atoms with Gasteiger partial charge in [0.15, 0.2) is 5.78 Å². The number of carbonyl (C=O) groups is 1. The standard InChI is InChI=1S/C18H18O/c1-12-7-8-16(13(2)9-12)18(19)11-15-10-14-5-3-4-6-17(14)15/h3-9,15H,10-11H2,1-2H3. The van der Waals surface area contributed by atoms with Crippen molar-refractivity contribution in [2.75, 3.05) is 0 Å². The van der Waals surface area contributed by atoms with Crippen molar-refractivity contribution in [2.24, 2.45) is 0 Å². The zero-order chi connectivity index (χ0) is 13.4. The van der Waals surface area contributed by atoms with E-state index in [9.17, 15) is 4.79 Å². The van der Waals surface area contributed by atoms with Crippen molar-refractivity contribution in [3.8, 4) is 0 Å². The third-order valence-electron chi connectivity index (χ3n) is 4.08. The van der Waals surface area contributed by atoms with Gasteiger partial charge < -0.3 is 0 Å². The molecule has 2 aromatic rings. The number of hydrogen-bond donors (Lipinski definition) is 0. The first-order chi connectivity index (χ1) is 9.15. The molecule has 3 rings (SSSR count). The number of benzene rings is 2. The Balaban J connectivity index is 1.77. The van der Waals surface area contributed by atoms with Gasteiger partial charge in [0.2, 0.25) is 0 Å². The molecular formula is C18H18O. The second-order valence-electron chi connectivity index (χ2n) is 5.55. The smallest absolute Gasteiger partial charge is 0.163 e. The number of aryl methyl sites for hydroxylation is 2. The van der Waals surface area contributed by atoms with Gasteiger partial charge in [-0.3, -0.25) is 4.79 Å². The van der Waals surface area contributed by atoms with E-state index < -0.39 is 0 Å². The molecule has 0 saturated carbocycles. The molecule has 1 aliphatic carbocycles. The highest BCUT2D eigenvalue weighted by Crippen LogP contribution is 2.38. The summed E-state index contributed by atoms with van der Waals surface area (Å²) < 4.78 is 0. The summed E-state index contributed by atoms with van der Waals surface area (Å²) in [6, 6.07) is 14.5. The first-order valence-corrected chi connectivity index (χ1v) is 6.83. The molecule has 1 aliphatic rings. The Kier molecular flexibility index (Phi) is 2.98. The predicted molar refractivity (Wildman–Crippen MR) is 77.8 cm³/mol. The van der Waals surface area contributed by atoms with Gasteiger partial charge >= 0.3 is 0 Å². The predicted octanol–water partition coefficient (Wildman–Crippen LogP) is 4.22. The van der Waals surface area contributed by atoms with Crippen molar-refractivity contribution >= 4 is 5.78 Å². The maximum atomic E-state index is 12.4. The third-order valence-corrected chi connectivity index (χ3v) is 4.08. The first kappa shape index (κ1) is 12.2. The fourth-order valence-corrected chi connectivity index (χ4v) is 3.01. The lowest BCUT2D eigenvalue weighted by Crippen LogP contribution is -2.20. The highest BCUT2D eigenvalue weighted by Gasteiger charge is 2.28. The van der Waals surface area contributed by atoms with E-state index in [2.05, 4.69) is 37.3 Å². The number of fused-ring (bicyclic) bond motifs is 1. The summed E-state index contributed by atoms with van der Waals surface area (Å²) in [4.78, 5) is 12.4. The van der Waals surface area contributed by atoms with Crippen LogP contribution in [0.15, 0.2) is 42.5 Å². The number of carbonyl (C=O) groups excluding carboxylic acids is 1. The molecule has 1 atom stereocenters. The lowest BCUT2D eigenvalue weighted by atomic mass is 9.74. The van der Waals surface area contributed by atoms with E-state index >= 15 is 0 Å². The van der Waals surface area contributed by atoms with Crippen LogP contribution in [0.3, 0.4) is 0 Å². The van der Waals surface area contributed by atoms with Gasteiger partial charge in [-0.1, -0.05) is 48.0 Å². The van der Waals surface area contributed by atoms with Crippen LogP contribution in [0.2, 0.25) is 0 Å². The van der Waals surface area contributed by atoms with Gasteiger partial charge in [-0.2, -0.15) is 0 Å². The van der Waals surface area contributed by atoms with E-state index in [0.29, 0.717) is 12.3 Å². The Morgan fingerprint density at radius 3 is 2.68 bits per heavy atom. The second-order valence-corrected chi connectivity index (χ2v) is 5.55. The zero-order valence-corrected chi connectivity index (χ0v) is 11.4. The summed E-state index contributed by atoms with van der Waals surface area (Å²) in [7, 11) is 0. The van der Waals surface area contributed by atoms with Crippen LogP contribution in [0.5, 0.6) is 0 Å². The van der Waals surface area contributed by atoms with Crippen LogP contribution < -0.4 is 0 Å². The van der Waals surface area contributed by atoms with E-state index in [1.165, 1.54) is 16.7 Å². The monoisotopic (exact) mass is 250 g/mol. The normalized spacial score (nSPS) is 16.6. The molecule has 0 heterocycles. The minimum absolute atomic E-state index is 0.275. The summed E-state index contributed by atoms with van der Waals surface area (Å²) >= 11 is 0. The Hall–Kier alpha value is -1.89. The fourth-order valence-electron chi connectivity index (χ4n) is 3.01. The number of rotatable bonds is 3. The molecule has 0 bridgehead atoms. The molecule has 19 heavy (non-hydrogen) atoms. The van der Waals surface area contributed by atoms with Crippen LogP contribution in [0, 0.1) is 13.8 Å². The molecule has 96 valence electrons. The Labute approximate surface area is 114 Å². The molecule has 1 unspecified atom stereocenters. The van der Waals surface area contributed by atoms with Crippen LogP contribution in [-0.4, -0.2) is 5.78 Å². The molecule has 1 nitrogen and oxygen atoms in total. The molecular weight excluding hydrogens is 232 g/mol. The quantitative estimate of drug-likeness (QED) is 0.745.